The fraction of sp³-hybridized carbons (Fsp3) is 0.267. The predicted molar refractivity (Wildman–Crippen MR) is 85.7 cm³/mol. The molecule has 0 spiro atoms. The monoisotopic (exact) mass is 345 g/mol. The first-order valence-electron chi connectivity index (χ1n) is 7.49. The second-order valence-electron chi connectivity index (χ2n) is 5.48. The molecule has 130 valence electrons. The van der Waals surface area contributed by atoms with Crippen LogP contribution in [0.4, 0.5) is 14.9 Å². The molecule has 0 aliphatic heterocycles. The van der Waals surface area contributed by atoms with Gasteiger partial charge in [0.2, 0.25) is 0 Å². The average molecular weight is 345 g/mol. The van der Waals surface area contributed by atoms with Crippen LogP contribution in [0.5, 0.6) is 0 Å². The van der Waals surface area contributed by atoms with Crippen molar-refractivity contribution >= 4 is 11.7 Å². The first kappa shape index (κ1) is 16.6. The number of carbonyl (C=O) groups excluding carboxylic acids is 1. The van der Waals surface area contributed by atoms with Gasteiger partial charge in [0.15, 0.2) is 0 Å². The van der Waals surface area contributed by atoms with Crippen LogP contribution in [-0.4, -0.2) is 31.4 Å². The summed E-state index contributed by atoms with van der Waals surface area (Å²) in [5.41, 5.74) is 2.01. The zero-order valence-corrected chi connectivity index (χ0v) is 13.8. The zero-order chi connectivity index (χ0) is 18.0. The summed E-state index contributed by atoms with van der Waals surface area (Å²) < 4.78 is 20.4. The third-order valence-electron chi connectivity index (χ3n) is 3.68. The molecule has 10 heteroatoms. The number of benzene rings is 1. The molecule has 3 aromatic rings. The van der Waals surface area contributed by atoms with Crippen molar-refractivity contribution in [2.75, 3.05) is 5.32 Å². The molecule has 0 radical (unpaired) electrons. The van der Waals surface area contributed by atoms with Crippen LogP contribution in [0.2, 0.25) is 0 Å². The molecule has 9 nitrogen and oxygen atoms in total. The van der Waals surface area contributed by atoms with Gasteiger partial charge in [-0.05, 0) is 49.4 Å². The first-order chi connectivity index (χ1) is 12.0. The molecule has 25 heavy (non-hydrogen) atoms. The predicted octanol–water partition coefficient (Wildman–Crippen LogP) is 2.29. The molecule has 2 amide bonds. The number of urea groups is 1. The number of tetrazole rings is 1. The highest BCUT2D eigenvalue weighted by Gasteiger charge is 2.19. The fourth-order valence-electron chi connectivity index (χ4n) is 2.57. The lowest BCUT2D eigenvalue weighted by Gasteiger charge is -2.15. The summed E-state index contributed by atoms with van der Waals surface area (Å²) in [5.74, 6) is 0.0501. The van der Waals surface area contributed by atoms with Crippen LogP contribution in [0.25, 0.3) is 5.69 Å². The number of hydrogen-bond acceptors (Lipinski definition) is 6. The van der Waals surface area contributed by atoms with E-state index in [2.05, 4.69) is 31.3 Å². The standard InChI is InChI=1S/C15H16FN7O2/c1-8(14-9(2)20-25-10(14)3)18-15(24)19-13-6-11(4-5-12(13)16)23-7-17-21-22-23/h4-8H,1-3H3,(H2,18,19,24)/t8-/m1/s1. The zero-order valence-electron chi connectivity index (χ0n) is 13.8. The maximum Gasteiger partial charge on any atom is 0.319 e. The highest BCUT2D eigenvalue weighted by Crippen LogP contribution is 2.22. The maximum absolute atomic E-state index is 14.0. The van der Waals surface area contributed by atoms with E-state index in [9.17, 15) is 9.18 Å². The van der Waals surface area contributed by atoms with Gasteiger partial charge in [-0.2, -0.15) is 0 Å². The lowest BCUT2D eigenvalue weighted by molar-refractivity contribution is 0.249. The van der Waals surface area contributed by atoms with Gasteiger partial charge in [-0.3, -0.25) is 0 Å². The van der Waals surface area contributed by atoms with Crippen LogP contribution in [0.3, 0.4) is 0 Å². The van der Waals surface area contributed by atoms with Gasteiger partial charge in [0.25, 0.3) is 0 Å². The molecule has 1 atom stereocenters. The fourth-order valence-corrected chi connectivity index (χ4v) is 2.57. The number of rotatable bonds is 4. The molecule has 0 aliphatic rings. The SMILES string of the molecule is Cc1noc(C)c1[C@@H](C)NC(=O)Nc1cc(-n2cnnn2)ccc1F. The highest BCUT2D eigenvalue weighted by molar-refractivity contribution is 5.90. The third-order valence-corrected chi connectivity index (χ3v) is 3.68. The van der Waals surface area contributed by atoms with Crippen molar-refractivity contribution in [3.8, 4) is 5.69 Å². The molecule has 0 saturated heterocycles. The Hall–Kier alpha value is -3.30. The Balaban J connectivity index is 1.74. The summed E-state index contributed by atoms with van der Waals surface area (Å²) in [6.45, 7) is 5.35. The lowest BCUT2D eigenvalue weighted by Crippen LogP contribution is -2.32. The summed E-state index contributed by atoms with van der Waals surface area (Å²) in [6.07, 6.45) is 1.37. The van der Waals surface area contributed by atoms with E-state index in [1.807, 2.05) is 0 Å². The number of nitrogens with one attached hydrogen (secondary N) is 2. The molecular weight excluding hydrogens is 329 g/mol. The second kappa shape index (κ2) is 6.67. The van der Waals surface area contributed by atoms with Crippen molar-refractivity contribution < 1.29 is 13.7 Å². The van der Waals surface area contributed by atoms with E-state index in [1.54, 1.807) is 20.8 Å². The van der Waals surface area contributed by atoms with Crippen LogP contribution in [0.1, 0.15) is 30.0 Å². The minimum atomic E-state index is -0.572. The van der Waals surface area contributed by atoms with Crippen molar-refractivity contribution in [1.82, 2.24) is 30.7 Å². The van der Waals surface area contributed by atoms with Gasteiger partial charge in [0.05, 0.1) is 23.1 Å². The second-order valence-corrected chi connectivity index (χ2v) is 5.48. The van der Waals surface area contributed by atoms with Gasteiger partial charge in [-0.25, -0.2) is 13.9 Å². The van der Waals surface area contributed by atoms with E-state index in [0.717, 1.165) is 5.56 Å². The molecule has 3 rings (SSSR count). The molecular formula is C15H16FN7O2. The van der Waals surface area contributed by atoms with Crippen LogP contribution < -0.4 is 10.6 Å². The molecule has 2 N–H and O–H groups in total. The van der Waals surface area contributed by atoms with Crippen molar-refractivity contribution in [1.29, 1.82) is 0 Å². The van der Waals surface area contributed by atoms with Crippen molar-refractivity contribution in [3.05, 3.63) is 47.4 Å². The average Bonchev–Trinajstić information content (AvgIpc) is 3.19. The number of hydrogen-bond donors (Lipinski definition) is 2. The first-order valence-corrected chi connectivity index (χ1v) is 7.49. The van der Waals surface area contributed by atoms with Gasteiger partial charge in [0.1, 0.15) is 17.9 Å². The Morgan fingerprint density at radius 2 is 2.16 bits per heavy atom. The smallest absolute Gasteiger partial charge is 0.319 e. The molecule has 0 unspecified atom stereocenters. The Labute approximate surface area is 142 Å². The van der Waals surface area contributed by atoms with Crippen molar-refractivity contribution in [2.24, 2.45) is 0 Å². The van der Waals surface area contributed by atoms with E-state index >= 15 is 0 Å². The van der Waals surface area contributed by atoms with E-state index < -0.39 is 11.8 Å². The number of nitrogens with zero attached hydrogens (tertiary/aromatic N) is 5. The Bertz CT molecular complexity index is 872. The summed E-state index contributed by atoms with van der Waals surface area (Å²) in [6, 6.07) is 3.26. The number of halogens is 1. The Morgan fingerprint density at radius 1 is 1.36 bits per heavy atom. The van der Waals surface area contributed by atoms with Crippen molar-refractivity contribution in [3.63, 3.8) is 0 Å². The topological polar surface area (TPSA) is 111 Å². The summed E-state index contributed by atoms with van der Waals surface area (Å²) in [7, 11) is 0. The number of aromatic nitrogens is 5. The summed E-state index contributed by atoms with van der Waals surface area (Å²) >= 11 is 0. The van der Waals surface area contributed by atoms with E-state index in [1.165, 1.54) is 29.2 Å². The number of aryl methyl sites for hydroxylation is 2. The number of anilines is 1. The Morgan fingerprint density at radius 3 is 2.80 bits per heavy atom. The minimum absolute atomic E-state index is 0.0106. The number of amides is 2. The lowest BCUT2D eigenvalue weighted by atomic mass is 10.1. The molecule has 0 fully saturated rings. The number of carbonyl (C=O) groups is 1. The van der Waals surface area contributed by atoms with Gasteiger partial charge >= 0.3 is 6.03 Å². The molecule has 1 aromatic carbocycles. The molecule has 0 saturated carbocycles. The highest BCUT2D eigenvalue weighted by atomic mass is 19.1. The summed E-state index contributed by atoms with van der Waals surface area (Å²) in [5, 5.41) is 19.8. The van der Waals surface area contributed by atoms with Gasteiger partial charge < -0.3 is 15.2 Å². The van der Waals surface area contributed by atoms with Crippen LogP contribution in [0.15, 0.2) is 29.0 Å². The third kappa shape index (κ3) is 3.47. The van der Waals surface area contributed by atoms with Crippen LogP contribution >= 0.6 is 0 Å². The van der Waals surface area contributed by atoms with Gasteiger partial charge in [0, 0.05) is 5.56 Å². The van der Waals surface area contributed by atoms with Gasteiger partial charge in [-0.15, -0.1) is 5.10 Å². The molecule has 0 bridgehead atoms. The molecule has 0 aliphatic carbocycles. The van der Waals surface area contributed by atoms with E-state index in [0.29, 0.717) is 17.1 Å². The minimum Gasteiger partial charge on any atom is -0.361 e. The summed E-state index contributed by atoms with van der Waals surface area (Å²) in [4.78, 5) is 12.2. The van der Waals surface area contributed by atoms with Crippen LogP contribution in [-0.2, 0) is 0 Å². The quantitative estimate of drug-likeness (QED) is 0.750. The maximum atomic E-state index is 14.0. The van der Waals surface area contributed by atoms with E-state index in [-0.39, 0.29) is 11.7 Å². The largest absolute Gasteiger partial charge is 0.361 e. The normalized spacial score (nSPS) is 12.0. The molecule has 2 heterocycles. The Kier molecular flexibility index (Phi) is 4.42. The molecule has 2 aromatic heterocycles. The van der Waals surface area contributed by atoms with Gasteiger partial charge in [-0.1, -0.05) is 5.16 Å². The van der Waals surface area contributed by atoms with E-state index in [4.69, 9.17) is 4.52 Å². The van der Waals surface area contributed by atoms with Crippen LogP contribution in [0, 0.1) is 19.7 Å². The van der Waals surface area contributed by atoms with Crippen molar-refractivity contribution in [2.45, 2.75) is 26.8 Å².